The summed E-state index contributed by atoms with van der Waals surface area (Å²) in [5.41, 5.74) is 0. The van der Waals surface area contributed by atoms with Crippen molar-refractivity contribution >= 4 is 11.6 Å². The Bertz CT molecular complexity index is 204. The van der Waals surface area contributed by atoms with E-state index in [-0.39, 0.29) is 23.4 Å². The van der Waals surface area contributed by atoms with Gasteiger partial charge in [-0.3, -0.25) is 9.59 Å². The fourth-order valence-electron chi connectivity index (χ4n) is 1.59. The summed E-state index contributed by atoms with van der Waals surface area (Å²) in [6.07, 6.45) is 1.25. The highest BCUT2D eigenvalue weighted by atomic mass is 16.1. The average Bonchev–Trinajstić information content (AvgIpc) is 2.02. The number of ketones is 2. The van der Waals surface area contributed by atoms with Crippen LogP contribution in [0.4, 0.5) is 0 Å². The fourth-order valence-corrected chi connectivity index (χ4v) is 1.59. The Morgan fingerprint density at radius 2 is 1.57 bits per heavy atom. The van der Waals surface area contributed by atoms with Gasteiger partial charge >= 0.3 is 0 Å². The Morgan fingerprint density at radius 1 is 1.07 bits per heavy atom. The van der Waals surface area contributed by atoms with Gasteiger partial charge in [0.1, 0.15) is 11.6 Å². The second kappa shape index (κ2) is 5.94. The van der Waals surface area contributed by atoms with Gasteiger partial charge in [-0.1, -0.05) is 27.7 Å². The van der Waals surface area contributed by atoms with E-state index in [1.807, 2.05) is 27.7 Å². The Hall–Kier alpha value is -0.660. The van der Waals surface area contributed by atoms with E-state index in [2.05, 4.69) is 0 Å². The first-order valence-corrected chi connectivity index (χ1v) is 5.39. The van der Waals surface area contributed by atoms with E-state index < -0.39 is 0 Å². The maximum absolute atomic E-state index is 11.4. The Balaban J connectivity index is 4.08. The number of carbonyl (C=O) groups is 2. The molecule has 2 heteroatoms. The minimum atomic E-state index is 0.0534. The lowest BCUT2D eigenvalue weighted by atomic mass is 9.86. The second-order valence-electron chi connectivity index (χ2n) is 4.62. The van der Waals surface area contributed by atoms with E-state index in [9.17, 15) is 9.59 Å². The molecule has 0 spiro atoms. The van der Waals surface area contributed by atoms with Crippen LogP contribution in [0.1, 0.15) is 47.5 Å². The molecule has 0 saturated carbocycles. The van der Waals surface area contributed by atoms with Crippen LogP contribution in [-0.2, 0) is 9.59 Å². The fraction of sp³-hybridized carbons (Fsp3) is 0.833. The zero-order chi connectivity index (χ0) is 11.3. The van der Waals surface area contributed by atoms with Crippen LogP contribution in [-0.4, -0.2) is 11.6 Å². The number of carbonyl (C=O) groups excluding carboxylic acids is 2. The summed E-state index contributed by atoms with van der Waals surface area (Å²) >= 11 is 0. The highest BCUT2D eigenvalue weighted by molar-refractivity contribution is 5.82. The maximum Gasteiger partial charge on any atom is 0.135 e. The van der Waals surface area contributed by atoms with Gasteiger partial charge < -0.3 is 0 Å². The first-order valence-electron chi connectivity index (χ1n) is 5.39. The maximum atomic E-state index is 11.4. The lowest BCUT2D eigenvalue weighted by molar-refractivity contribution is -0.124. The van der Waals surface area contributed by atoms with Crippen LogP contribution in [0.5, 0.6) is 0 Å². The van der Waals surface area contributed by atoms with Gasteiger partial charge in [0.25, 0.3) is 0 Å². The van der Waals surface area contributed by atoms with Crippen LogP contribution in [0, 0.1) is 17.8 Å². The highest BCUT2D eigenvalue weighted by Gasteiger charge is 2.19. The lowest BCUT2D eigenvalue weighted by Gasteiger charge is -2.17. The van der Waals surface area contributed by atoms with Crippen LogP contribution in [0.15, 0.2) is 0 Å². The molecule has 0 aromatic rings. The van der Waals surface area contributed by atoms with E-state index in [4.69, 9.17) is 0 Å². The summed E-state index contributed by atoms with van der Waals surface area (Å²) in [7, 11) is 0. The molecule has 0 aromatic carbocycles. The highest BCUT2D eigenvalue weighted by Crippen LogP contribution is 2.19. The van der Waals surface area contributed by atoms with Crippen LogP contribution >= 0.6 is 0 Å². The largest absolute Gasteiger partial charge is 0.300 e. The molecule has 1 unspecified atom stereocenters. The molecule has 0 N–H and O–H groups in total. The zero-order valence-electron chi connectivity index (χ0n) is 9.96. The topological polar surface area (TPSA) is 34.1 Å². The summed E-state index contributed by atoms with van der Waals surface area (Å²) < 4.78 is 0. The van der Waals surface area contributed by atoms with Gasteiger partial charge in [0.2, 0.25) is 0 Å². The molecule has 0 rings (SSSR count). The molecule has 14 heavy (non-hydrogen) atoms. The molecule has 82 valence electrons. The molecule has 0 bridgehead atoms. The van der Waals surface area contributed by atoms with Crippen molar-refractivity contribution in [1.29, 1.82) is 0 Å². The van der Waals surface area contributed by atoms with Crippen molar-refractivity contribution < 1.29 is 9.59 Å². The van der Waals surface area contributed by atoms with Gasteiger partial charge in [0, 0.05) is 18.3 Å². The second-order valence-corrected chi connectivity index (χ2v) is 4.62. The van der Waals surface area contributed by atoms with Gasteiger partial charge in [0.05, 0.1) is 0 Å². The molecule has 0 heterocycles. The summed E-state index contributed by atoms with van der Waals surface area (Å²) in [4.78, 5) is 22.6. The standard InChI is InChI=1S/C12H22O2/c1-8(2)11(10(5)13)6-7-12(14)9(3)4/h8-9,11H,6-7H2,1-5H3. The third kappa shape index (κ3) is 4.54. The van der Waals surface area contributed by atoms with Gasteiger partial charge in [-0.15, -0.1) is 0 Å². The van der Waals surface area contributed by atoms with Crippen molar-refractivity contribution in [3.05, 3.63) is 0 Å². The Labute approximate surface area is 87.1 Å². The number of Topliss-reactive ketones (excluding diaryl/α,β-unsaturated/α-hetero) is 2. The molecular weight excluding hydrogens is 176 g/mol. The third-order valence-electron chi connectivity index (χ3n) is 2.67. The summed E-state index contributed by atoms with van der Waals surface area (Å²) in [6.45, 7) is 9.49. The molecule has 0 radical (unpaired) electrons. The molecular formula is C12H22O2. The van der Waals surface area contributed by atoms with Crippen LogP contribution in [0.25, 0.3) is 0 Å². The number of hydrogen-bond acceptors (Lipinski definition) is 2. The Morgan fingerprint density at radius 3 is 1.86 bits per heavy atom. The molecule has 2 nitrogen and oxygen atoms in total. The van der Waals surface area contributed by atoms with Crippen LogP contribution in [0.3, 0.4) is 0 Å². The predicted molar refractivity (Wildman–Crippen MR) is 58.1 cm³/mol. The van der Waals surface area contributed by atoms with Crippen LogP contribution in [0.2, 0.25) is 0 Å². The quantitative estimate of drug-likeness (QED) is 0.657. The van der Waals surface area contributed by atoms with Crippen LogP contribution < -0.4 is 0 Å². The summed E-state index contributed by atoms with van der Waals surface area (Å²) in [5, 5.41) is 0. The van der Waals surface area contributed by atoms with Gasteiger partial charge in [0.15, 0.2) is 0 Å². The molecule has 0 fully saturated rings. The van der Waals surface area contributed by atoms with E-state index in [1.165, 1.54) is 0 Å². The molecule has 1 atom stereocenters. The average molecular weight is 198 g/mol. The lowest BCUT2D eigenvalue weighted by Crippen LogP contribution is -2.19. The van der Waals surface area contributed by atoms with Crippen molar-refractivity contribution in [3.8, 4) is 0 Å². The van der Waals surface area contributed by atoms with E-state index in [0.29, 0.717) is 18.8 Å². The van der Waals surface area contributed by atoms with E-state index >= 15 is 0 Å². The number of hydrogen-bond donors (Lipinski definition) is 0. The van der Waals surface area contributed by atoms with Crippen molar-refractivity contribution in [2.45, 2.75) is 47.5 Å². The molecule has 0 aromatic heterocycles. The zero-order valence-corrected chi connectivity index (χ0v) is 9.96. The number of rotatable bonds is 6. The molecule has 0 aliphatic rings. The van der Waals surface area contributed by atoms with Gasteiger partial charge in [-0.25, -0.2) is 0 Å². The molecule has 0 aliphatic carbocycles. The minimum absolute atomic E-state index is 0.0534. The monoisotopic (exact) mass is 198 g/mol. The summed E-state index contributed by atoms with van der Waals surface area (Å²) in [5.74, 6) is 0.952. The third-order valence-corrected chi connectivity index (χ3v) is 2.67. The van der Waals surface area contributed by atoms with Crippen molar-refractivity contribution in [1.82, 2.24) is 0 Å². The minimum Gasteiger partial charge on any atom is -0.300 e. The van der Waals surface area contributed by atoms with E-state index in [0.717, 1.165) is 0 Å². The smallest absolute Gasteiger partial charge is 0.135 e. The predicted octanol–water partition coefficient (Wildman–Crippen LogP) is 2.85. The van der Waals surface area contributed by atoms with Crippen molar-refractivity contribution in [2.75, 3.05) is 0 Å². The van der Waals surface area contributed by atoms with Gasteiger partial charge in [-0.2, -0.15) is 0 Å². The van der Waals surface area contributed by atoms with E-state index in [1.54, 1.807) is 6.92 Å². The molecule has 0 amide bonds. The first-order chi connectivity index (χ1) is 6.36. The SMILES string of the molecule is CC(=O)C(CCC(=O)C(C)C)C(C)C. The normalized spacial score (nSPS) is 13.4. The molecule has 0 aliphatic heterocycles. The van der Waals surface area contributed by atoms with Crippen molar-refractivity contribution in [3.63, 3.8) is 0 Å². The molecule has 0 saturated heterocycles. The summed E-state index contributed by atoms with van der Waals surface area (Å²) in [6, 6.07) is 0. The first kappa shape index (κ1) is 13.3. The van der Waals surface area contributed by atoms with Gasteiger partial charge in [-0.05, 0) is 19.3 Å². The Kier molecular flexibility index (Phi) is 5.66. The van der Waals surface area contributed by atoms with Crippen molar-refractivity contribution in [2.24, 2.45) is 17.8 Å².